The molecule has 66 valence electrons. The minimum Gasteiger partial charge on any atom is -0.308 e. The van der Waals surface area contributed by atoms with Gasteiger partial charge in [0.15, 0.2) is 15.2 Å². The summed E-state index contributed by atoms with van der Waals surface area (Å²) in [5.41, 5.74) is 1.71. The largest absolute Gasteiger partial charge is 0.308 e. The molecule has 1 aliphatic rings. The summed E-state index contributed by atoms with van der Waals surface area (Å²) in [6.45, 7) is 7.14. The van der Waals surface area contributed by atoms with E-state index < -0.39 is 5.67 Å². The maximum atomic E-state index is 13.2. The highest BCUT2D eigenvalue weighted by molar-refractivity contribution is 6.49. The molecular weight excluding hydrogens is 169 g/mol. The lowest BCUT2D eigenvalue weighted by Gasteiger charge is -2.29. The molecule has 0 aromatic carbocycles. The molecule has 0 aromatic heterocycles. The van der Waals surface area contributed by atoms with Crippen LogP contribution in [0, 0.1) is 11.5 Å². The van der Waals surface area contributed by atoms with Gasteiger partial charge in [-0.2, -0.15) is 0 Å². The van der Waals surface area contributed by atoms with Gasteiger partial charge in [-0.3, -0.25) is 0 Å². The minimum atomic E-state index is -1.22. The van der Waals surface area contributed by atoms with E-state index in [2.05, 4.69) is 37.6 Å². The Balaban J connectivity index is 2.38. The van der Waals surface area contributed by atoms with Gasteiger partial charge in [-0.1, -0.05) is 26.7 Å². The lowest BCUT2D eigenvalue weighted by molar-refractivity contribution is 0.158. The topological polar surface area (TPSA) is 12.0 Å². The van der Waals surface area contributed by atoms with Crippen LogP contribution >= 0.6 is 0 Å². The predicted molar refractivity (Wildman–Crippen MR) is 50.0 cm³/mol. The summed E-state index contributed by atoms with van der Waals surface area (Å²) >= 11 is 0. The van der Waals surface area contributed by atoms with Crippen molar-refractivity contribution in [1.29, 1.82) is 0 Å². The quantitative estimate of drug-likeness (QED) is 0.439. The monoisotopic (exact) mass is 183 g/mol. The summed E-state index contributed by atoms with van der Waals surface area (Å²) in [7, 11) is 0.523. The molecule has 0 amide bonds. The Labute approximate surface area is 75.9 Å². The zero-order chi connectivity index (χ0) is 9.24. The van der Waals surface area contributed by atoms with Gasteiger partial charge in [-0.15, -0.1) is 5.54 Å². The molecule has 0 saturated carbocycles. The molecule has 1 fully saturated rings. The lowest BCUT2D eigenvalue weighted by Crippen LogP contribution is -2.55. The predicted octanol–water partition coefficient (Wildman–Crippen LogP) is 1.18. The SMILES string of the molecule is CC(C)(C)[Si]C#CC1(F)CNC1. The van der Waals surface area contributed by atoms with Gasteiger partial charge in [0.2, 0.25) is 0 Å². The van der Waals surface area contributed by atoms with Crippen LogP contribution in [0.2, 0.25) is 5.04 Å². The fourth-order valence-electron chi connectivity index (χ4n) is 0.764. The van der Waals surface area contributed by atoms with E-state index in [0.717, 1.165) is 0 Å². The molecule has 0 spiro atoms. The first kappa shape index (κ1) is 9.75. The molecule has 1 N–H and O–H groups in total. The Bertz CT molecular complexity index is 217. The standard InChI is InChI=1S/C9H14FNSi/c1-8(2,3)12-5-4-9(10)6-11-7-9/h11H,6-7H2,1-3H3. The molecule has 1 aliphatic heterocycles. The van der Waals surface area contributed by atoms with Crippen molar-refractivity contribution in [2.45, 2.75) is 31.5 Å². The van der Waals surface area contributed by atoms with Crippen LogP contribution in [-0.2, 0) is 0 Å². The minimum absolute atomic E-state index is 0.209. The first-order chi connectivity index (χ1) is 5.41. The van der Waals surface area contributed by atoms with Crippen LogP contribution in [0.25, 0.3) is 0 Å². The summed E-state index contributed by atoms with van der Waals surface area (Å²) in [6, 6.07) is 0. The van der Waals surface area contributed by atoms with E-state index in [1.807, 2.05) is 0 Å². The Kier molecular flexibility index (Phi) is 2.60. The number of alkyl halides is 1. The van der Waals surface area contributed by atoms with Crippen molar-refractivity contribution in [3.05, 3.63) is 0 Å². The number of nitrogens with one attached hydrogen (secondary N) is 1. The maximum Gasteiger partial charge on any atom is 0.194 e. The van der Waals surface area contributed by atoms with Crippen LogP contribution in [0.5, 0.6) is 0 Å². The fourth-order valence-corrected chi connectivity index (χ4v) is 1.43. The lowest BCUT2D eigenvalue weighted by atomic mass is 10.0. The second-order valence-electron chi connectivity index (χ2n) is 4.19. The van der Waals surface area contributed by atoms with Crippen LogP contribution in [-0.4, -0.2) is 28.3 Å². The zero-order valence-electron chi connectivity index (χ0n) is 7.79. The van der Waals surface area contributed by atoms with E-state index in [4.69, 9.17) is 0 Å². The molecule has 1 rings (SSSR count). The van der Waals surface area contributed by atoms with Crippen LogP contribution in [0.1, 0.15) is 20.8 Å². The Morgan fingerprint density at radius 2 is 2.00 bits per heavy atom. The summed E-state index contributed by atoms with van der Waals surface area (Å²) < 4.78 is 13.2. The molecule has 0 unspecified atom stereocenters. The van der Waals surface area contributed by atoms with Crippen molar-refractivity contribution in [1.82, 2.24) is 5.32 Å². The van der Waals surface area contributed by atoms with Crippen LogP contribution in [0.4, 0.5) is 4.39 Å². The molecule has 12 heavy (non-hydrogen) atoms. The van der Waals surface area contributed by atoms with Crippen LogP contribution in [0.15, 0.2) is 0 Å². The summed E-state index contributed by atoms with van der Waals surface area (Å²) in [6.07, 6.45) is 0. The molecule has 3 heteroatoms. The van der Waals surface area contributed by atoms with Gasteiger partial charge in [0.05, 0.1) is 0 Å². The Morgan fingerprint density at radius 3 is 2.33 bits per heavy atom. The zero-order valence-corrected chi connectivity index (χ0v) is 8.79. The summed E-state index contributed by atoms with van der Waals surface area (Å²) in [5, 5.41) is 3.08. The fraction of sp³-hybridized carbons (Fsp3) is 0.778. The van der Waals surface area contributed by atoms with Gasteiger partial charge >= 0.3 is 0 Å². The highest BCUT2D eigenvalue weighted by Gasteiger charge is 2.34. The molecule has 0 atom stereocenters. The van der Waals surface area contributed by atoms with Crippen LogP contribution in [0.3, 0.4) is 0 Å². The van der Waals surface area contributed by atoms with E-state index in [-0.39, 0.29) is 5.04 Å². The normalized spacial score (nSPS) is 20.7. The molecule has 1 heterocycles. The third-order valence-corrected chi connectivity index (χ3v) is 2.53. The molecule has 0 bridgehead atoms. The van der Waals surface area contributed by atoms with Crippen molar-refractivity contribution in [2.75, 3.05) is 13.1 Å². The van der Waals surface area contributed by atoms with Gasteiger partial charge in [0, 0.05) is 13.1 Å². The maximum absolute atomic E-state index is 13.2. The van der Waals surface area contributed by atoms with Crippen molar-refractivity contribution in [3.8, 4) is 11.5 Å². The van der Waals surface area contributed by atoms with Crippen LogP contribution < -0.4 is 5.32 Å². The van der Waals surface area contributed by atoms with Gasteiger partial charge < -0.3 is 5.32 Å². The summed E-state index contributed by atoms with van der Waals surface area (Å²) in [5.74, 6) is 2.69. The second kappa shape index (κ2) is 3.19. The molecule has 1 nitrogen and oxygen atoms in total. The van der Waals surface area contributed by atoms with E-state index in [1.165, 1.54) is 0 Å². The number of hydrogen-bond acceptors (Lipinski definition) is 1. The number of halogens is 1. The third-order valence-electron chi connectivity index (χ3n) is 1.53. The van der Waals surface area contributed by atoms with E-state index in [1.54, 1.807) is 0 Å². The van der Waals surface area contributed by atoms with Crippen molar-refractivity contribution in [2.24, 2.45) is 0 Å². The Morgan fingerprint density at radius 1 is 1.42 bits per heavy atom. The number of rotatable bonds is 0. The van der Waals surface area contributed by atoms with Gasteiger partial charge in [-0.25, -0.2) is 4.39 Å². The molecule has 0 aliphatic carbocycles. The van der Waals surface area contributed by atoms with Gasteiger partial charge in [0.1, 0.15) is 0 Å². The second-order valence-corrected chi connectivity index (χ2v) is 6.19. The molecule has 0 aromatic rings. The van der Waals surface area contributed by atoms with Crippen molar-refractivity contribution in [3.63, 3.8) is 0 Å². The third kappa shape index (κ3) is 2.96. The van der Waals surface area contributed by atoms with E-state index in [9.17, 15) is 4.39 Å². The number of hydrogen-bond donors (Lipinski definition) is 1. The summed E-state index contributed by atoms with van der Waals surface area (Å²) in [4.78, 5) is 0. The average molecular weight is 183 g/mol. The molecule has 2 radical (unpaired) electrons. The van der Waals surface area contributed by atoms with Crippen molar-refractivity contribution >= 4 is 9.52 Å². The van der Waals surface area contributed by atoms with E-state index >= 15 is 0 Å². The highest BCUT2D eigenvalue weighted by atomic mass is 28.2. The molecular formula is C9H14FNSi. The average Bonchev–Trinajstić information content (AvgIpc) is 1.81. The highest BCUT2D eigenvalue weighted by Crippen LogP contribution is 2.20. The van der Waals surface area contributed by atoms with Gasteiger partial charge in [0.25, 0.3) is 0 Å². The van der Waals surface area contributed by atoms with Gasteiger partial charge in [-0.05, 0) is 5.04 Å². The van der Waals surface area contributed by atoms with E-state index in [0.29, 0.717) is 22.6 Å². The van der Waals surface area contributed by atoms with Crippen molar-refractivity contribution < 1.29 is 4.39 Å². The first-order valence-corrected chi connectivity index (χ1v) is 5.10. The first-order valence-electron chi connectivity index (χ1n) is 4.10. The Hall–Kier alpha value is -0.333. The smallest absolute Gasteiger partial charge is 0.194 e. The molecule has 1 saturated heterocycles.